The molecule has 1 aromatic rings. The summed E-state index contributed by atoms with van der Waals surface area (Å²) in [7, 11) is 1.61. The minimum absolute atomic E-state index is 0.0268. The van der Waals surface area contributed by atoms with Crippen LogP contribution in [0, 0.1) is 0 Å². The zero-order chi connectivity index (χ0) is 15.7. The van der Waals surface area contributed by atoms with Crippen molar-refractivity contribution >= 4 is 17.5 Å². The predicted molar refractivity (Wildman–Crippen MR) is 86.9 cm³/mol. The Bertz CT molecular complexity index is 446. The van der Waals surface area contributed by atoms with Crippen molar-refractivity contribution in [2.75, 3.05) is 26.7 Å². The lowest BCUT2D eigenvalue weighted by atomic mass is 10.2. The second kappa shape index (κ2) is 9.64. The molecule has 0 fully saturated rings. The number of nitrogens with one attached hydrogen (secondary N) is 1. The zero-order valence-electron chi connectivity index (χ0n) is 13.1. The number of nitrogens with zero attached hydrogens (tertiary/aromatic N) is 1. The fraction of sp³-hybridized carbons (Fsp3) is 0.562. The number of rotatable bonds is 9. The highest BCUT2D eigenvalue weighted by Gasteiger charge is 2.10. The third-order valence-corrected chi connectivity index (χ3v) is 3.40. The predicted octanol–water partition coefficient (Wildman–Crippen LogP) is 3.09. The summed E-state index contributed by atoms with van der Waals surface area (Å²) in [6.07, 6.45) is 2.10. The number of benzene rings is 1. The first-order valence-corrected chi connectivity index (χ1v) is 7.80. The molecule has 0 aliphatic carbocycles. The first kappa shape index (κ1) is 17.8. The Balaban J connectivity index is 2.54. The number of hydrogen-bond acceptors (Lipinski definition) is 3. The quantitative estimate of drug-likeness (QED) is 0.762. The van der Waals surface area contributed by atoms with Crippen LogP contribution in [-0.4, -0.2) is 37.6 Å². The van der Waals surface area contributed by atoms with E-state index in [0.29, 0.717) is 18.1 Å². The highest BCUT2D eigenvalue weighted by Crippen LogP contribution is 2.22. The maximum absolute atomic E-state index is 12.0. The fourth-order valence-electron chi connectivity index (χ4n) is 2.24. The lowest BCUT2D eigenvalue weighted by molar-refractivity contribution is -0.122. The van der Waals surface area contributed by atoms with Crippen molar-refractivity contribution in [3.63, 3.8) is 0 Å². The first-order chi connectivity index (χ1) is 10.1. The molecule has 0 aliphatic heterocycles. The summed E-state index contributed by atoms with van der Waals surface area (Å²) < 4.78 is 5.27. The van der Waals surface area contributed by atoms with Crippen molar-refractivity contribution < 1.29 is 9.53 Å². The summed E-state index contributed by atoms with van der Waals surface area (Å²) >= 11 is 5.98. The van der Waals surface area contributed by atoms with Crippen molar-refractivity contribution in [1.82, 2.24) is 10.2 Å². The molecule has 1 N–H and O–H groups in total. The van der Waals surface area contributed by atoms with Gasteiger partial charge in [0, 0.05) is 17.1 Å². The molecule has 5 heteroatoms. The molecule has 0 atom stereocenters. The lowest BCUT2D eigenvalue weighted by Gasteiger charge is -2.20. The van der Waals surface area contributed by atoms with Gasteiger partial charge in [0.1, 0.15) is 5.75 Å². The molecule has 0 saturated heterocycles. The zero-order valence-corrected chi connectivity index (χ0v) is 13.9. The van der Waals surface area contributed by atoms with E-state index in [0.717, 1.165) is 37.2 Å². The number of halogens is 1. The SMILES string of the molecule is CCCN(CCC)CC(=O)NCc1cc(Cl)ccc1OC. The number of hydrogen-bond donors (Lipinski definition) is 1. The van der Waals surface area contributed by atoms with E-state index >= 15 is 0 Å². The molecule has 0 saturated carbocycles. The molecule has 4 nitrogen and oxygen atoms in total. The summed E-state index contributed by atoms with van der Waals surface area (Å²) in [6.45, 7) is 7.00. The fourth-order valence-corrected chi connectivity index (χ4v) is 2.44. The molecule has 1 rings (SSSR count). The summed E-state index contributed by atoms with van der Waals surface area (Å²) in [4.78, 5) is 14.2. The minimum Gasteiger partial charge on any atom is -0.496 e. The van der Waals surface area contributed by atoms with Crippen LogP contribution in [0.5, 0.6) is 5.75 Å². The summed E-state index contributed by atoms with van der Waals surface area (Å²) in [5, 5.41) is 3.57. The smallest absolute Gasteiger partial charge is 0.234 e. The number of methoxy groups -OCH3 is 1. The highest BCUT2D eigenvalue weighted by atomic mass is 35.5. The number of carbonyl (C=O) groups is 1. The average molecular weight is 313 g/mol. The van der Waals surface area contributed by atoms with Crippen LogP contribution in [0.3, 0.4) is 0 Å². The Hall–Kier alpha value is -1.26. The van der Waals surface area contributed by atoms with Gasteiger partial charge in [-0.3, -0.25) is 9.69 Å². The monoisotopic (exact) mass is 312 g/mol. The van der Waals surface area contributed by atoms with Gasteiger partial charge in [-0.1, -0.05) is 25.4 Å². The van der Waals surface area contributed by atoms with E-state index in [1.807, 2.05) is 12.1 Å². The minimum atomic E-state index is 0.0268. The molecule has 21 heavy (non-hydrogen) atoms. The molecule has 0 spiro atoms. The highest BCUT2D eigenvalue weighted by molar-refractivity contribution is 6.30. The van der Waals surface area contributed by atoms with Gasteiger partial charge < -0.3 is 10.1 Å². The van der Waals surface area contributed by atoms with Crippen molar-refractivity contribution in [3.05, 3.63) is 28.8 Å². The molecule has 0 heterocycles. The molecule has 0 radical (unpaired) electrons. The van der Waals surface area contributed by atoms with Gasteiger partial charge in [-0.2, -0.15) is 0 Å². The van der Waals surface area contributed by atoms with Crippen LogP contribution in [0.2, 0.25) is 5.02 Å². The van der Waals surface area contributed by atoms with E-state index in [2.05, 4.69) is 24.1 Å². The van der Waals surface area contributed by atoms with E-state index in [-0.39, 0.29) is 5.91 Å². The number of amides is 1. The van der Waals surface area contributed by atoms with Gasteiger partial charge in [0.25, 0.3) is 0 Å². The molecule has 118 valence electrons. The molecule has 0 bridgehead atoms. The Morgan fingerprint density at radius 1 is 1.29 bits per heavy atom. The topological polar surface area (TPSA) is 41.6 Å². The second-order valence-corrected chi connectivity index (χ2v) is 5.45. The van der Waals surface area contributed by atoms with Crippen molar-refractivity contribution in [2.24, 2.45) is 0 Å². The van der Waals surface area contributed by atoms with Crippen molar-refractivity contribution in [3.8, 4) is 5.75 Å². The maximum Gasteiger partial charge on any atom is 0.234 e. The summed E-state index contributed by atoms with van der Waals surface area (Å²) in [6, 6.07) is 5.40. The molecule has 0 aromatic heterocycles. The summed E-state index contributed by atoms with van der Waals surface area (Å²) in [5.41, 5.74) is 0.885. The molecular formula is C16H25ClN2O2. The Kier molecular flexibility index (Phi) is 8.16. The molecule has 0 aliphatic rings. The second-order valence-electron chi connectivity index (χ2n) is 5.01. The average Bonchev–Trinajstić information content (AvgIpc) is 2.46. The normalized spacial score (nSPS) is 10.7. The van der Waals surface area contributed by atoms with Gasteiger partial charge in [0.2, 0.25) is 5.91 Å². The van der Waals surface area contributed by atoms with Gasteiger partial charge in [-0.15, -0.1) is 0 Å². The van der Waals surface area contributed by atoms with Crippen LogP contribution in [-0.2, 0) is 11.3 Å². The van der Waals surface area contributed by atoms with Crippen LogP contribution in [0.25, 0.3) is 0 Å². The van der Waals surface area contributed by atoms with Gasteiger partial charge in [-0.05, 0) is 44.1 Å². The van der Waals surface area contributed by atoms with Gasteiger partial charge in [0.15, 0.2) is 0 Å². The van der Waals surface area contributed by atoms with Gasteiger partial charge >= 0.3 is 0 Å². The summed E-state index contributed by atoms with van der Waals surface area (Å²) in [5.74, 6) is 0.762. The molecule has 1 aromatic carbocycles. The van der Waals surface area contributed by atoms with Crippen molar-refractivity contribution in [2.45, 2.75) is 33.2 Å². The maximum atomic E-state index is 12.0. The van der Waals surface area contributed by atoms with E-state index in [9.17, 15) is 4.79 Å². The van der Waals surface area contributed by atoms with Crippen LogP contribution in [0.1, 0.15) is 32.3 Å². The van der Waals surface area contributed by atoms with E-state index in [1.165, 1.54) is 0 Å². The Morgan fingerprint density at radius 3 is 2.52 bits per heavy atom. The van der Waals surface area contributed by atoms with E-state index in [1.54, 1.807) is 13.2 Å². The number of carbonyl (C=O) groups excluding carboxylic acids is 1. The number of ether oxygens (including phenoxy) is 1. The Labute approximate surface area is 132 Å². The van der Waals surface area contributed by atoms with Crippen molar-refractivity contribution in [1.29, 1.82) is 0 Å². The van der Waals surface area contributed by atoms with E-state index < -0.39 is 0 Å². The van der Waals surface area contributed by atoms with Crippen LogP contribution in [0.15, 0.2) is 18.2 Å². The Morgan fingerprint density at radius 2 is 1.95 bits per heavy atom. The third kappa shape index (κ3) is 6.36. The van der Waals surface area contributed by atoms with Crippen LogP contribution in [0.4, 0.5) is 0 Å². The van der Waals surface area contributed by atoms with Crippen LogP contribution >= 0.6 is 11.6 Å². The lowest BCUT2D eigenvalue weighted by Crippen LogP contribution is -2.37. The molecular weight excluding hydrogens is 288 g/mol. The molecule has 1 amide bonds. The largest absolute Gasteiger partial charge is 0.496 e. The van der Waals surface area contributed by atoms with Gasteiger partial charge in [0.05, 0.1) is 13.7 Å². The first-order valence-electron chi connectivity index (χ1n) is 7.42. The third-order valence-electron chi connectivity index (χ3n) is 3.17. The molecule has 0 unspecified atom stereocenters. The standard InChI is InChI=1S/C16H25ClN2O2/c1-4-8-19(9-5-2)12-16(20)18-11-13-10-14(17)6-7-15(13)21-3/h6-7,10H,4-5,8-9,11-12H2,1-3H3,(H,18,20). The van der Waals surface area contributed by atoms with E-state index in [4.69, 9.17) is 16.3 Å². The van der Waals surface area contributed by atoms with Gasteiger partial charge in [-0.25, -0.2) is 0 Å². The van der Waals surface area contributed by atoms with Crippen LogP contribution < -0.4 is 10.1 Å².